The number of ketones is 1. The van der Waals surface area contributed by atoms with Gasteiger partial charge in [-0.2, -0.15) is 0 Å². The van der Waals surface area contributed by atoms with Gasteiger partial charge in [0.25, 0.3) is 0 Å². The minimum atomic E-state index is -1.61. The van der Waals surface area contributed by atoms with Gasteiger partial charge in [-0.05, 0) is 114 Å². The highest BCUT2D eigenvalue weighted by Crippen LogP contribution is 2.26. The number of allylic oxidation sites excluding steroid dienone is 3. The Labute approximate surface area is 538 Å². The van der Waals surface area contributed by atoms with E-state index in [-0.39, 0.29) is 61.6 Å². The Morgan fingerprint density at radius 2 is 0.911 bits per heavy atom. The van der Waals surface area contributed by atoms with Crippen molar-refractivity contribution in [2.75, 3.05) is 55.9 Å². The van der Waals surface area contributed by atoms with Gasteiger partial charge in [0.1, 0.15) is 60.4 Å². The third-order valence-electron chi connectivity index (χ3n) is 16.4. The molecule has 1 saturated heterocycles. The maximum atomic E-state index is 15.1. The number of aliphatic hydroxyl groups excluding tert-OH is 1. The number of likely N-dealkylation sites (N-methyl/N-ethyl adjacent to an activating group) is 7. The Morgan fingerprint density at radius 3 is 1.33 bits per heavy atom. The molecule has 0 saturated carbocycles. The number of hydrogen-bond acceptors (Lipinski definition) is 13. The van der Waals surface area contributed by atoms with Crippen LogP contribution in [0.4, 0.5) is 0 Å². The Bertz CT molecular complexity index is 2480. The van der Waals surface area contributed by atoms with E-state index < -0.39 is 156 Å². The van der Waals surface area contributed by atoms with E-state index >= 15 is 9.59 Å². The van der Waals surface area contributed by atoms with Gasteiger partial charge in [-0.3, -0.25) is 57.5 Å². The molecule has 24 heteroatoms. The highest BCUT2D eigenvalue weighted by Gasteiger charge is 2.45. The molecule has 1 heterocycles. The first kappa shape index (κ1) is 83.3. The van der Waals surface area contributed by atoms with Gasteiger partial charge in [0.05, 0.1) is 12.6 Å². The number of nitrogens with zero attached hydrogens (tertiary/aromatic N) is 7. The molecule has 5 N–H and O–H groups in total. The molecule has 0 bridgehead atoms. The smallest absolute Gasteiger partial charge is 0.246 e. The summed E-state index contributed by atoms with van der Waals surface area (Å²) in [6.07, 6.45) is 4.32. The Morgan fingerprint density at radius 1 is 0.511 bits per heavy atom. The van der Waals surface area contributed by atoms with Crippen molar-refractivity contribution in [3.63, 3.8) is 0 Å². The predicted molar refractivity (Wildman–Crippen MR) is 349 cm³/mol. The lowest BCUT2D eigenvalue weighted by atomic mass is 9.91. The van der Waals surface area contributed by atoms with E-state index in [0.717, 1.165) is 9.80 Å². The van der Waals surface area contributed by atoms with Crippen LogP contribution in [0.5, 0.6) is 0 Å². The van der Waals surface area contributed by atoms with Crippen molar-refractivity contribution in [3.8, 4) is 0 Å². The van der Waals surface area contributed by atoms with Gasteiger partial charge in [-0.1, -0.05) is 116 Å². The summed E-state index contributed by atoms with van der Waals surface area (Å²) in [7, 11) is 9.92. The van der Waals surface area contributed by atoms with Crippen molar-refractivity contribution in [2.24, 2.45) is 41.4 Å². The van der Waals surface area contributed by atoms with Crippen molar-refractivity contribution in [1.82, 2.24) is 55.6 Å². The number of amides is 11. The maximum Gasteiger partial charge on any atom is 0.246 e. The monoisotopic (exact) mass is 1270 g/mol. The minimum Gasteiger partial charge on any atom is -0.390 e. The quantitative estimate of drug-likeness (QED) is 0.108. The molecule has 0 spiro atoms. The summed E-state index contributed by atoms with van der Waals surface area (Å²) in [6.45, 7) is 34.0. The number of rotatable bonds is 16. The van der Waals surface area contributed by atoms with Crippen LogP contribution in [0.1, 0.15) is 163 Å². The van der Waals surface area contributed by atoms with Gasteiger partial charge >= 0.3 is 0 Å². The first-order valence-corrected chi connectivity index (χ1v) is 32.0. The molecule has 0 aromatic heterocycles. The van der Waals surface area contributed by atoms with Crippen molar-refractivity contribution in [2.45, 2.75) is 230 Å². The topological polar surface area (TPSA) is 296 Å². The second-order valence-electron chi connectivity index (χ2n) is 26.9. The van der Waals surface area contributed by atoms with Gasteiger partial charge < -0.3 is 60.7 Å². The fraction of sp³-hybridized carbons (Fsp3) is 0.758. The van der Waals surface area contributed by atoms with Crippen LogP contribution in [0.3, 0.4) is 0 Å². The van der Waals surface area contributed by atoms with E-state index in [1.807, 2.05) is 61.5 Å². The van der Waals surface area contributed by atoms with Crippen LogP contribution in [0, 0.1) is 41.4 Å². The number of hydrogen-bond donors (Lipinski definition) is 5. The molecule has 24 nitrogen and oxygen atoms in total. The molecule has 90 heavy (non-hydrogen) atoms. The normalized spacial score (nSPS) is 25.8. The lowest BCUT2D eigenvalue weighted by molar-refractivity contribution is -0.157. The second kappa shape index (κ2) is 38.9. The number of nitrogens with one attached hydrogen (secondary N) is 4. The summed E-state index contributed by atoms with van der Waals surface area (Å²) in [5, 5.41) is 23.1. The zero-order chi connectivity index (χ0) is 70.3. The van der Waals surface area contributed by atoms with Gasteiger partial charge in [-0.25, -0.2) is 0 Å². The van der Waals surface area contributed by atoms with Crippen LogP contribution in [-0.4, -0.2) is 233 Å². The molecule has 0 aliphatic carbocycles. The zero-order valence-electron chi connectivity index (χ0n) is 59.3. The molecule has 1 aliphatic heterocycles. The first-order chi connectivity index (χ1) is 41.5. The standard InChI is InChI=1S/C62H111N11O12.C4H6O/c1-25-27-28-40(15)52(75)51-56(79)65-43(26-2)58(81)67(18)33-48(74)68(19)44(29-34(3)4)55(78)66-49(38(11)12)61(84)69(20)45(30-35(5)6)54(77)63-41(16)53(76)64-42(17)57(80)70(21)46(31-36(7)8)59(82)71(22)47(32-37(9)10)60(83)72(23)50(39(13)14)62(85)73(51)24;1-3-4(2)5/h25,27,34-47,49-52,75H,26,28-33H2,1-24H3,(H,63,77)(H,64,76)(H,65,79)(H,66,78);3H,1H2,2H3/t40-,41+,42-,43+,44+,45+,46+,47+,49+,50+,51+,52-;/m1./s1. The fourth-order valence-electron chi connectivity index (χ4n) is 10.7. The summed E-state index contributed by atoms with van der Waals surface area (Å²) in [6, 6.07) is -12.3. The summed E-state index contributed by atoms with van der Waals surface area (Å²) >= 11 is 0. The van der Waals surface area contributed by atoms with Gasteiger partial charge in [-0.15, -0.1) is 0 Å². The molecule has 514 valence electrons. The molecule has 0 unspecified atom stereocenters. The molecule has 1 aliphatic rings. The third-order valence-corrected chi connectivity index (χ3v) is 16.4. The molecular formula is C66H117N11O13. The van der Waals surface area contributed by atoms with Crippen molar-refractivity contribution in [3.05, 3.63) is 24.8 Å². The van der Waals surface area contributed by atoms with E-state index in [9.17, 15) is 53.1 Å². The van der Waals surface area contributed by atoms with Crippen LogP contribution < -0.4 is 21.3 Å². The molecule has 12 atom stereocenters. The number of carbonyl (C=O) groups excluding carboxylic acids is 12. The van der Waals surface area contributed by atoms with Crippen LogP contribution in [0.25, 0.3) is 0 Å². The zero-order valence-corrected chi connectivity index (χ0v) is 59.3. The summed E-state index contributed by atoms with van der Waals surface area (Å²) in [5.41, 5.74) is 0. The molecule has 11 amide bonds. The highest BCUT2D eigenvalue weighted by molar-refractivity contribution is 5.99. The lowest BCUT2D eigenvalue weighted by Gasteiger charge is -2.41. The van der Waals surface area contributed by atoms with E-state index in [4.69, 9.17) is 0 Å². The lowest BCUT2D eigenvalue weighted by Crippen LogP contribution is -2.63. The van der Waals surface area contributed by atoms with Crippen molar-refractivity contribution >= 4 is 70.8 Å². The van der Waals surface area contributed by atoms with E-state index in [0.29, 0.717) is 6.42 Å². The van der Waals surface area contributed by atoms with Crippen LogP contribution >= 0.6 is 0 Å². The summed E-state index contributed by atoms with van der Waals surface area (Å²) < 4.78 is 0. The van der Waals surface area contributed by atoms with Crippen LogP contribution in [0.2, 0.25) is 0 Å². The molecule has 0 radical (unpaired) electrons. The predicted octanol–water partition coefficient (Wildman–Crippen LogP) is 4.03. The maximum absolute atomic E-state index is 15.1. The Hall–Kier alpha value is -6.72. The Kier molecular flexibility index (Phi) is 36.0. The first-order valence-electron chi connectivity index (χ1n) is 32.0. The minimum absolute atomic E-state index is 0.0185. The fourth-order valence-corrected chi connectivity index (χ4v) is 10.7. The average molecular weight is 1270 g/mol. The van der Waals surface area contributed by atoms with E-state index in [1.165, 1.54) is 101 Å². The van der Waals surface area contributed by atoms with E-state index in [1.54, 1.807) is 54.5 Å². The van der Waals surface area contributed by atoms with E-state index in [2.05, 4.69) is 27.8 Å². The van der Waals surface area contributed by atoms with Crippen molar-refractivity contribution in [1.29, 1.82) is 0 Å². The van der Waals surface area contributed by atoms with Gasteiger partial charge in [0.2, 0.25) is 65.0 Å². The molecule has 1 fully saturated rings. The molecular weight excluding hydrogens is 1150 g/mol. The summed E-state index contributed by atoms with van der Waals surface area (Å²) in [4.78, 5) is 178. The second-order valence-corrected chi connectivity index (χ2v) is 26.9. The SMILES string of the molecule is C=CC(C)=O.CC=CC[C@@H](C)[C@@H](O)[C@H]1C(=O)N[C@@H](CC)C(=O)N(C)CC(=O)N(C)[C@@H](CC(C)C)C(=O)N[C@@H](C(C)C)C(=O)N(C)[C@@H](CC(C)C)C(=O)N[C@@H](C)C(=O)N[C@H](C)C(=O)N(C)[C@@H](CC(C)C)C(=O)N(C)[C@@H](CC(C)C)C(=O)N(C)[C@@H](C(C)C)C(=O)N1C. The van der Waals surface area contributed by atoms with Gasteiger partial charge in [0.15, 0.2) is 5.78 Å². The number of carbonyl (C=O) groups is 12. The summed E-state index contributed by atoms with van der Waals surface area (Å²) in [5.74, 6) is -9.69. The molecule has 0 aromatic rings. The van der Waals surface area contributed by atoms with Crippen molar-refractivity contribution < 1.29 is 62.6 Å². The average Bonchev–Trinajstić information content (AvgIpc) is 0.854. The van der Waals surface area contributed by atoms with Crippen LogP contribution in [-0.2, 0) is 57.5 Å². The molecule has 0 aromatic carbocycles. The Balaban J connectivity index is 0.0000152. The largest absolute Gasteiger partial charge is 0.390 e. The van der Waals surface area contributed by atoms with Gasteiger partial charge in [0, 0.05) is 49.3 Å². The highest BCUT2D eigenvalue weighted by atomic mass is 16.3. The third kappa shape index (κ3) is 24.8. The molecule has 1 rings (SSSR count). The number of aliphatic hydroxyl groups is 1. The van der Waals surface area contributed by atoms with Crippen LogP contribution in [0.15, 0.2) is 24.8 Å².